The first-order chi connectivity index (χ1) is 5.66. The summed E-state index contributed by atoms with van der Waals surface area (Å²) in [7, 11) is 0. The maximum atomic E-state index is 10.2. The minimum atomic E-state index is -0.391. The number of primary amides is 1. The van der Waals surface area contributed by atoms with Crippen LogP contribution in [0.5, 0.6) is 0 Å². The van der Waals surface area contributed by atoms with Crippen molar-refractivity contribution in [3.05, 3.63) is 0 Å². The summed E-state index contributed by atoms with van der Waals surface area (Å²) >= 11 is 0. The Kier molecular flexibility index (Phi) is 17.0. The van der Waals surface area contributed by atoms with Crippen LogP contribution in [0.4, 0.5) is 0 Å². The standard InChI is InChI=1S/C7H15N3O2.2ClH/c1-2-12-7(9)3-4-10-5-6(8)11;;/h9-10H,2-5H2,1H3,(H2,8,11);2*1H. The first kappa shape index (κ1) is 19.1. The molecular weight excluding hydrogens is 229 g/mol. The van der Waals surface area contributed by atoms with Gasteiger partial charge in [-0.15, -0.1) is 24.8 Å². The Balaban J connectivity index is -0.000000605. The number of nitrogens with one attached hydrogen (secondary N) is 2. The van der Waals surface area contributed by atoms with Gasteiger partial charge in [-0.25, -0.2) is 0 Å². The van der Waals surface area contributed by atoms with Crippen LogP contribution in [0.25, 0.3) is 0 Å². The zero-order chi connectivity index (χ0) is 9.40. The number of carbonyl (C=O) groups is 1. The fourth-order valence-corrected chi connectivity index (χ4v) is 0.660. The van der Waals surface area contributed by atoms with Crippen molar-refractivity contribution in [3.8, 4) is 0 Å². The third-order valence-corrected chi connectivity index (χ3v) is 1.15. The minimum Gasteiger partial charge on any atom is -0.481 e. The fraction of sp³-hybridized carbons (Fsp3) is 0.714. The molecular formula is C7H17Cl2N3O2. The Hall–Kier alpha value is -0.520. The molecule has 0 bridgehead atoms. The first-order valence-electron chi connectivity index (χ1n) is 3.86. The number of ether oxygens (including phenoxy) is 1. The zero-order valence-electron chi connectivity index (χ0n) is 8.04. The van der Waals surface area contributed by atoms with Crippen molar-refractivity contribution in [2.45, 2.75) is 13.3 Å². The molecule has 5 nitrogen and oxygen atoms in total. The van der Waals surface area contributed by atoms with Crippen LogP contribution < -0.4 is 11.1 Å². The topological polar surface area (TPSA) is 88.2 Å². The van der Waals surface area contributed by atoms with E-state index in [0.717, 1.165) is 0 Å². The summed E-state index contributed by atoms with van der Waals surface area (Å²) < 4.78 is 4.88. The molecule has 0 aliphatic rings. The molecule has 0 spiro atoms. The molecule has 0 rings (SSSR count). The maximum Gasteiger partial charge on any atom is 0.231 e. The number of hydrogen-bond acceptors (Lipinski definition) is 4. The van der Waals surface area contributed by atoms with E-state index in [-0.39, 0.29) is 37.3 Å². The average Bonchev–Trinajstić information content (AvgIpc) is 1.98. The molecule has 4 N–H and O–H groups in total. The van der Waals surface area contributed by atoms with Gasteiger partial charge >= 0.3 is 0 Å². The molecule has 86 valence electrons. The van der Waals surface area contributed by atoms with Crippen LogP contribution in [0.1, 0.15) is 13.3 Å². The quantitative estimate of drug-likeness (QED) is 0.358. The van der Waals surface area contributed by atoms with E-state index in [2.05, 4.69) is 5.32 Å². The molecule has 0 fully saturated rings. The smallest absolute Gasteiger partial charge is 0.231 e. The van der Waals surface area contributed by atoms with Crippen molar-refractivity contribution in [3.63, 3.8) is 0 Å². The van der Waals surface area contributed by atoms with Gasteiger partial charge in [0.1, 0.15) is 0 Å². The molecule has 0 saturated carbocycles. The van der Waals surface area contributed by atoms with E-state index in [1.54, 1.807) is 0 Å². The molecule has 0 heterocycles. The van der Waals surface area contributed by atoms with Gasteiger partial charge < -0.3 is 15.8 Å². The highest BCUT2D eigenvalue weighted by Gasteiger charge is 1.96. The van der Waals surface area contributed by atoms with Crippen molar-refractivity contribution in [2.75, 3.05) is 19.7 Å². The lowest BCUT2D eigenvalue weighted by atomic mass is 10.4. The molecule has 0 aromatic carbocycles. The minimum absolute atomic E-state index is 0. The number of carbonyl (C=O) groups excluding carboxylic acids is 1. The van der Waals surface area contributed by atoms with E-state index in [9.17, 15) is 4.79 Å². The molecule has 0 radical (unpaired) electrons. The summed E-state index contributed by atoms with van der Waals surface area (Å²) in [6, 6.07) is 0. The molecule has 0 aromatic rings. The number of hydrogen-bond donors (Lipinski definition) is 3. The van der Waals surface area contributed by atoms with Crippen molar-refractivity contribution in [1.29, 1.82) is 5.41 Å². The van der Waals surface area contributed by atoms with Crippen LogP contribution in [0.2, 0.25) is 0 Å². The lowest BCUT2D eigenvalue weighted by Gasteiger charge is -2.04. The summed E-state index contributed by atoms with van der Waals surface area (Å²) in [5, 5.41) is 9.97. The highest BCUT2D eigenvalue weighted by atomic mass is 35.5. The van der Waals surface area contributed by atoms with Gasteiger partial charge in [0.05, 0.1) is 13.2 Å². The zero-order valence-corrected chi connectivity index (χ0v) is 9.67. The largest absolute Gasteiger partial charge is 0.481 e. The Morgan fingerprint density at radius 2 is 2.07 bits per heavy atom. The molecule has 0 aliphatic heterocycles. The van der Waals surface area contributed by atoms with Gasteiger partial charge in [0.2, 0.25) is 5.91 Å². The van der Waals surface area contributed by atoms with E-state index < -0.39 is 5.91 Å². The monoisotopic (exact) mass is 245 g/mol. The van der Waals surface area contributed by atoms with Crippen LogP contribution in [0.3, 0.4) is 0 Å². The second-order valence-electron chi connectivity index (χ2n) is 2.25. The molecule has 1 amide bonds. The van der Waals surface area contributed by atoms with E-state index in [1.807, 2.05) is 6.92 Å². The van der Waals surface area contributed by atoms with Gasteiger partial charge in [-0.1, -0.05) is 0 Å². The Morgan fingerprint density at radius 3 is 2.50 bits per heavy atom. The predicted molar refractivity (Wildman–Crippen MR) is 60.5 cm³/mol. The highest BCUT2D eigenvalue weighted by Crippen LogP contribution is 1.83. The Labute approximate surface area is 96.1 Å². The number of nitrogens with two attached hydrogens (primary N) is 1. The second-order valence-corrected chi connectivity index (χ2v) is 2.25. The van der Waals surface area contributed by atoms with Crippen molar-refractivity contribution >= 4 is 36.6 Å². The van der Waals surface area contributed by atoms with Gasteiger partial charge in [-0.05, 0) is 6.92 Å². The molecule has 0 saturated heterocycles. The summed E-state index contributed by atoms with van der Waals surface area (Å²) in [4.78, 5) is 10.2. The van der Waals surface area contributed by atoms with Crippen LogP contribution >= 0.6 is 24.8 Å². The fourth-order valence-electron chi connectivity index (χ4n) is 0.660. The molecule has 7 heteroatoms. The normalized spacial score (nSPS) is 8.07. The lowest BCUT2D eigenvalue weighted by Crippen LogP contribution is -2.30. The van der Waals surface area contributed by atoms with Gasteiger partial charge in [-0.3, -0.25) is 10.2 Å². The third-order valence-electron chi connectivity index (χ3n) is 1.15. The van der Waals surface area contributed by atoms with E-state index in [0.29, 0.717) is 19.6 Å². The molecule has 14 heavy (non-hydrogen) atoms. The van der Waals surface area contributed by atoms with Gasteiger partial charge in [0.25, 0.3) is 0 Å². The molecule has 0 unspecified atom stereocenters. The van der Waals surface area contributed by atoms with Gasteiger partial charge in [0.15, 0.2) is 5.90 Å². The van der Waals surface area contributed by atoms with Crippen LogP contribution in [-0.2, 0) is 9.53 Å². The van der Waals surface area contributed by atoms with Crippen LogP contribution in [0, 0.1) is 5.41 Å². The average molecular weight is 246 g/mol. The summed E-state index contributed by atoms with van der Waals surface area (Å²) in [5.74, 6) is -0.160. The summed E-state index contributed by atoms with van der Waals surface area (Å²) in [5.41, 5.74) is 4.88. The van der Waals surface area contributed by atoms with Gasteiger partial charge in [-0.2, -0.15) is 0 Å². The summed E-state index contributed by atoms with van der Waals surface area (Å²) in [6.45, 7) is 3.03. The van der Waals surface area contributed by atoms with E-state index >= 15 is 0 Å². The predicted octanol–water partition coefficient (Wildman–Crippen LogP) is 0.309. The SMILES string of the molecule is CCOC(=N)CCNCC(N)=O.Cl.Cl. The lowest BCUT2D eigenvalue weighted by molar-refractivity contribution is -0.117. The van der Waals surface area contributed by atoms with E-state index in [4.69, 9.17) is 15.9 Å². The second kappa shape index (κ2) is 12.5. The maximum absolute atomic E-state index is 10.2. The highest BCUT2D eigenvalue weighted by molar-refractivity contribution is 5.85. The third kappa shape index (κ3) is 14.0. The van der Waals surface area contributed by atoms with Crippen LogP contribution in [0.15, 0.2) is 0 Å². The van der Waals surface area contributed by atoms with E-state index in [1.165, 1.54) is 0 Å². The Morgan fingerprint density at radius 1 is 1.50 bits per heavy atom. The molecule has 0 aromatic heterocycles. The van der Waals surface area contributed by atoms with Crippen molar-refractivity contribution in [2.24, 2.45) is 5.73 Å². The van der Waals surface area contributed by atoms with Crippen LogP contribution in [-0.4, -0.2) is 31.5 Å². The number of rotatable bonds is 6. The van der Waals surface area contributed by atoms with Crippen molar-refractivity contribution in [1.82, 2.24) is 5.32 Å². The molecule has 0 atom stereocenters. The Bertz CT molecular complexity index is 167. The number of amides is 1. The van der Waals surface area contributed by atoms with Gasteiger partial charge in [0, 0.05) is 13.0 Å². The van der Waals surface area contributed by atoms with Crippen molar-refractivity contribution < 1.29 is 9.53 Å². The first-order valence-corrected chi connectivity index (χ1v) is 3.86. The molecule has 0 aliphatic carbocycles. The number of halogens is 2. The summed E-state index contributed by atoms with van der Waals surface area (Å²) in [6.07, 6.45) is 0.487.